The lowest BCUT2D eigenvalue weighted by Gasteiger charge is -2.17. The van der Waals surface area contributed by atoms with E-state index in [1.54, 1.807) is 24.3 Å². The first-order valence-corrected chi connectivity index (χ1v) is 8.57. The Kier molecular flexibility index (Phi) is 5.91. The van der Waals surface area contributed by atoms with E-state index in [2.05, 4.69) is 37.2 Å². The van der Waals surface area contributed by atoms with Crippen LogP contribution in [0.25, 0.3) is 0 Å². The maximum absolute atomic E-state index is 12.3. The SMILES string of the molecule is CC(=O)c1cccc(NC(=O)[C@@H](Br)[C@@H](Br)c2ccccc2)c1. The highest BCUT2D eigenvalue weighted by atomic mass is 79.9. The van der Waals surface area contributed by atoms with Gasteiger partial charge in [-0.25, -0.2) is 0 Å². The normalized spacial score (nSPS) is 13.2. The van der Waals surface area contributed by atoms with E-state index in [1.165, 1.54) is 6.92 Å². The highest BCUT2D eigenvalue weighted by Gasteiger charge is 2.25. The summed E-state index contributed by atoms with van der Waals surface area (Å²) >= 11 is 6.97. The van der Waals surface area contributed by atoms with Crippen molar-refractivity contribution < 1.29 is 9.59 Å². The molecule has 2 atom stereocenters. The van der Waals surface area contributed by atoms with Crippen LogP contribution in [-0.4, -0.2) is 16.5 Å². The first-order valence-electron chi connectivity index (χ1n) is 6.74. The van der Waals surface area contributed by atoms with E-state index in [9.17, 15) is 9.59 Å². The second-order valence-corrected chi connectivity index (χ2v) is 6.81. The Morgan fingerprint density at radius 1 is 1.00 bits per heavy atom. The Balaban J connectivity index is 2.08. The van der Waals surface area contributed by atoms with Crippen LogP contribution in [0.4, 0.5) is 5.69 Å². The number of benzene rings is 2. The van der Waals surface area contributed by atoms with Gasteiger partial charge in [0.05, 0.1) is 4.83 Å². The van der Waals surface area contributed by atoms with Crippen LogP contribution in [0.1, 0.15) is 27.7 Å². The molecule has 0 bridgehead atoms. The van der Waals surface area contributed by atoms with E-state index < -0.39 is 4.83 Å². The van der Waals surface area contributed by atoms with Crippen LogP contribution in [-0.2, 0) is 4.79 Å². The number of alkyl halides is 2. The summed E-state index contributed by atoms with van der Waals surface area (Å²) in [4.78, 5) is 23.1. The fourth-order valence-corrected chi connectivity index (χ4v) is 2.93. The van der Waals surface area contributed by atoms with E-state index in [0.717, 1.165) is 5.56 Å². The maximum atomic E-state index is 12.3. The van der Waals surface area contributed by atoms with Gasteiger partial charge in [-0.3, -0.25) is 9.59 Å². The van der Waals surface area contributed by atoms with Crippen molar-refractivity contribution in [2.24, 2.45) is 0 Å². The molecule has 0 aliphatic carbocycles. The zero-order chi connectivity index (χ0) is 16.1. The summed E-state index contributed by atoms with van der Waals surface area (Å²) in [6, 6.07) is 16.6. The van der Waals surface area contributed by atoms with Crippen molar-refractivity contribution in [3.63, 3.8) is 0 Å². The molecule has 5 heteroatoms. The first-order chi connectivity index (χ1) is 10.5. The third-order valence-corrected chi connectivity index (χ3v) is 5.87. The number of hydrogen-bond acceptors (Lipinski definition) is 2. The standard InChI is InChI=1S/C17H15Br2NO2/c1-11(21)13-8-5-9-14(10-13)20-17(22)16(19)15(18)12-6-3-2-4-7-12/h2-10,15-16H,1H3,(H,20,22)/t15-,16-/m0/s1. The van der Waals surface area contributed by atoms with E-state index in [-0.39, 0.29) is 16.5 Å². The molecule has 0 saturated heterocycles. The monoisotopic (exact) mass is 423 g/mol. The molecule has 1 N–H and O–H groups in total. The second kappa shape index (κ2) is 7.70. The van der Waals surface area contributed by atoms with Crippen LogP contribution in [0, 0.1) is 0 Å². The van der Waals surface area contributed by atoms with Crippen LogP contribution in [0.3, 0.4) is 0 Å². The molecule has 0 fully saturated rings. The van der Waals surface area contributed by atoms with Gasteiger partial charge in [-0.1, -0.05) is 74.3 Å². The second-order valence-electron chi connectivity index (χ2n) is 4.84. The molecular formula is C17H15Br2NO2. The number of rotatable bonds is 5. The van der Waals surface area contributed by atoms with Crippen LogP contribution in [0.2, 0.25) is 0 Å². The van der Waals surface area contributed by atoms with Crippen LogP contribution >= 0.6 is 31.9 Å². The van der Waals surface area contributed by atoms with Crippen molar-refractivity contribution in [1.82, 2.24) is 0 Å². The smallest absolute Gasteiger partial charge is 0.239 e. The number of ketones is 1. The molecule has 114 valence electrons. The molecule has 0 aromatic heterocycles. The predicted molar refractivity (Wildman–Crippen MR) is 95.9 cm³/mol. The fourth-order valence-electron chi connectivity index (χ4n) is 1.97. The quantitative estimate of drug-likeness (QED) is 0.557. The summed E-state index contributed by atoms with van der Waals surface area (Å²) in [5.74, 6) is -0.208. The van der Waals surface area contributed by atoms with Crippen molar-refractivity contribution >= 4 is 49.2 Å². The molecule has 2 rings (SSSR count). The number of carbonyl (C=O) groups excluding carboxylic acids is 2. The van der Waals surface area contributed by atoms with Gasteiger partial charge in [0, 0.05) is 11.3 Å². The number of anilines is 1. The number of amides is 1. The molecule has 0 heterocycles. The molecule has 0 aliphatic heterocycles. The van der Waals surface area contributed by atoms with Gasteiger partial charge in [-0.2, -0.15) is 0 Å². The zero-order valence-corrected chi connectivity index (χ0v) is 15.1. The lowest BCUT2D eigenvalue weighted by Crippen LogP contribution is -2.26. The molecule has 0 aliphatic rings. The van der Waals surface area contributed by atoms with Crippen molar-refractivity contribution in [2.45, 2.75) is 16.6 Å². The number of Topliss-reactive ketones (excluding diaryl/α,β-unsaturated/α-hetero) is 1. The fraction of sp³-hybridized carbons (Fsp3) is 0.176. The summed E-state index contributed by atoms with van der Waals surface area (Å²) in [7, 11) is 0. The van der Waals surface area contributed by atoms with Gasteiger partial charge in [0.25, 0.3) is 0 Å². The van der Waals surface area contributed by atoms with Gasteiger partial charge >= 0.3 is 0 Å². The summed E-state index contributed by atoms with van der Waals surface area (Å²) in [5.41, 5.74) is 2.19. The summed E-state index contributed by atoms with van der Waals surface area (Å²) in [6.07, 6.45) is 0. The zero-order valence-electron chi connectivity index (χ0n) is 11.9. The molecule has 2 aromatic carbocycles. The Hall–Kier alpha value is -1.46. The largest absolute Gasteiger partial charge is 0.325 e. The molecule has 22 heavy (non-hydrogen) atoms. The predicted octanol–water partition coefficient (Wildman–Crippen LogP) is 4.73. The number of carbonyl (C=O) groups is 2. The summed E-state index contributed by atoms with van der Waals surface area (Å²) < 4.78 is 0. The molecule has 0 radical (unpaired) electrons. The minimum absolute atomic E-state index is 0.0332. The van der Waals surface area contributed by atoms with E-state index in [4.69, 9.17) is 0 Å². The van der Waals surface area contributed by atoms with Gasteiger partial charge < -0.3 is 5.32 Å². The third-order valence-electron chi connectivity index (χ3n) is 3.16. The van der Waals surface area contributed by atoms with Crippen molar-refractivity contribution in [2.75, 3.05) is 5.32 Å². The average molecular weight is 425 g/mol. The van der Waals surface area contributed by atoms with Gasteiger partial charge in [0.2, 0.25) is 5.91 Å². The summed E-state index contributed by atoms with van der Waals surface area (Å²) in [6.45, 7) is 1.50. The molecule has 0 unspecified atom stereocenters. The molecule has 0 saturated carbocycles. The Bertz CT molecular complexity index is 673. The number of nitrogens with one attached hydrogen (secondary N) is 1. The maximum Gasteiger partial charge on any atom is 0.239 e. The van der Waals surface area contributed by atoms with E-state index >= 15 is 0 Å². The molecule has 3 nitrogen and oxygen atoms in total. The lowest BCUT2D eigenvalue weighted by molar-refractivity contribution is -0.115. The minimum atomic E-state index is -0.434. The first kappa shape index (κ1) is 16.9. The Labute approximate surface area is 146 Å². The van der Waals surface area contributed by atoms with E-state index in [1.807, 2.05) is 30.3 Å². The van der Waals surface area contributed by atoms with Gasteiger partial charge in [0.1, 0.15) is 4.83 Å². The number of hydrogen-bond donors (Lipinski definition) is 1. The molecule has 0 spiro atoms. The van der Waals surface area contributed by atoms with Crippen LogP contribution in [0.15, 0.2) is 54.6 Å². The topological polar surface area (TPSA) is 46.2 Å². The van der Waals surface area contributed by atoms with Gasteiger partial charge in [0.15, 0.2) is 5.78 Å². The molecular weight excluding hydrogens is 410 g/mol. The van der Waals surface area contributed by atoms with Gasteiger partial charge in [-0.05, 0) is 24.6 Å². The van der Waals surface area contributed by atoms with E-state index in [0.29, 0.717) is 11.3 Å². The Morgan fingerprint density at radius 2 is 1.68 bits per heavy atom. The molecule has 2 aromatic rings. The van der Waals surface area contributed by atoms with Crippen molar-refractivity contribution in [1.29, 1.82) is 0 Å². The third kappa shape index (κ3) is 4.27. The van der Waals surface area contributed by atoms with Crippen molar-refractivity contribution in [3.05, 3.63) is 65.7 Å². The lowest BCUT2D eigenvalue weighted by atomic mass is 10.1. The van der Waals surface area contributed by atoms with Crippen molar-refractivity contribution in [3.8, 4) is 0 Å². The number of halogens is 2. The van der Waals surface area contributed by atoms with Crippen LogP contribution in [0.5, 0.6) is 0 Å². The average Bonchev–Trinajstić information content (AvgIpc) is 2.54. The Morgan fingerprint density at radius 3 is 2.32 bits per heavy atom. The highest BCUT2D eigenvalue weighted by Crippen LogP contribution is 2.31. The minimum Gasteiger partial charge on any atom is -0.325 e. The highest BCUT2D eigenvalue weighted by molar-refractivity contribution is 9.12. The summed E-state index contributed by atoms with van der Waals surface area (Å²) in [5, 5.41) is 2.82. The van der Waals surface area contributed by atoms with Crippen LogP contribution < -0.4 is 5.32 Å². The molecule has 1 amide bonds. The van der Waals surface area contributed by atoms with Gasteiger partial charge in [-0.15, -0.1) is 0 Å².